The van der Waals surface area contributed by atoms with Crippen LogP contribution in [0.5, 0.6) is 0 Å². The van der Waals surface area contributed by atoms with Crippen LogP contribution in [-0.2, 0) is 13.6 Å². The lowest BCUT2D eigenvalue weighted by molar-refractivity contribution is 0.179. The Morgan fingerprint density at radius 3 is 1.83 bits per heavy atom. The summed E-state index contributed by atoms with van der Waals surface area (Å²) in [7, 11) is -1.25. The van der Waals surface area contributed by atoms with E-state index >= 15 is 0 Å². The van der Waals surface area contributed by atoms with Gasteiger partial charge >= 0.3 is 7.75 Å². The molecule has 0 amide bonds. The quantitative estimate of drug-likeness (QED) is 0.608. The molecular weight excluding hydrogens is 177 g/mol. The van der Waals surface area contributed by atoms with E-state index in [0.29, 0.717) is 19.8 Å². The standard InChI is InChI=1S/C7H18NO3P/c1-5-8(4)12(9,10-6-2)11-7-3/h5-7H2,1-4H3. The topological polar surface area (TPSA) is 38.8 Å². The molecule has 0 saturated carbocycles. The first-order valence-corrected chi connectivity index (χ1v) is 5.71. The summed E-state index contributed by atoms with van der Waals surface area (Å²) in [6.07, 6.45) is 0. The van der Waals surface area contributed by atoms with E-state index in [1.165, 1.54) is 0 Å². The van der Waals surface area contributed by atoms with Gasteiger partial charge in [0.1, 0.15) is 0 Å². The zero-order valence-corrected chi connectivity index (χ0v) is 9.13. The van der Waals surface area contributed by atoms with E-state index in [1.54, 1.807) is 25.6 Å². The van der Waals surface area contributed by atoms with E-state index in [1.807, 2.05) is 6.92 Å². The highest BCUT2D eigenvalue weighted by molar-refractivity contribution is 7.51. The summed E-state index contributed by atoms with van der Waals surface area (Å²) in [6, 6.07) is 0. The minimum Gasteiger partial charge on any atom is -0.297 e. The maximum absolute atomic E-state index is 11.8. The first-order chi connectivity index (χ1) is 5.60. The Balaban J connectivity index is 4.27. The Morgan fingerprint density at radius 1 is 1.17 bits per heavy atom. The van der Waals surface area contributed by atoms with Crippen LogP contribution in [0.15, 0.2) is 0 Å². The fourth-order valence-electron chi connectivity index (χ4n) is 0.734. The molecule has 5 heteroatoms. The number of hydrogen-bond donors (Lipinski definition) is 0. The van der Waals surface area contributed by atoms with Crippen LogP contribution in [0.2, 0.25) is 0 Å². The fourth-order valence-corrected chi connectivity index (χ4v) is 2.20. The number of rotatable bonds is 6. The normalized spacial score (nSPS) is 12.4. The van der Waals surface area contributed by atoms with Crippen LogP contribution in [0.3, 0.4) is 0 Å². The average Bonchev–Trinajstić information content (AvgIpc) is 2.04. The minimum atomic E-state index is -2.98. The Labute approximate surface area is 74.4 Å². The molecule has 0 radical (unpaired) electrons. The van der Waals surface area contributed by atoms with Crippen molar-refractivity contribution in [3.63, 3.8) is 0 Å². The summed E-state index contributed by atoms with van der Waals surface area (Å²) in [6.45, 7) is 6.97. The van der Waals surface area contributed by atoms with Gasteiger partial charge in [0.15, 0.2) is 0 Å². The molecule has 0 spiro atoms. The zero-order valence-electron chi connectivity index (χ0n) is 8.24. The molecule has 0 heterocycles. The molecule has 0 aliphatic rings. The molecule has 0 rings (SSSR count). The molecule has 12 heavy (non-hydrogen) atoms. The van der Waals surface area contributed by atoms with Crippen molar-refractivity contribution < 1.29 is 13.6 Å². The van der Waals surface area contributed by atoms with Gasteiger partial charge in [-0.3, -0.25) is 9.05 Å². The molecular formula is C7H18NO3P. The van der Waals surface area contributed by atoms with Gasteiger partial charge < -0.3 is 0 Å². The Morgan fingerprint density at radius 2 is 1.58 bits per heavy atom. The summed E-state index contributed by atoms with van der Waals surface area (Å²) in [5, 5.41) is 0. The highest BCUT2D eigenvalue weighted by Gasteiger charge is 2.28. The molecule has 0 bridgehead atoms. The van der Waals surface area contributed by atoms with Crippen molar-refractivity contribution in [2.24, 2.45) is 0 Å². The van der Waals surface area contributed by atoms with Crippen molar-refractivity contribution in [2.75, 3.05) is 26.8 Å². The van der Waals surface area contributed by atoms with E-state index in [-0.39, 0.29) is 0 Å². The van der Waals surface area contributed by atoms with Crippen molar-refractivity contribution >= 4 is 7.75 Å². The Kier molecular flexibility index (Phi) is 5.76. The summed E-state index contributed by atoms with van der Waals surface area (Å²) in [4.78, 5) is 0. The minimum absolute atomic E-state index is 0.404. The molecule has 0 saturated heterocycles. The monoisotopic (exact) mass is 195 g/mol. The third-order valence-corrected chi connectivity index (χ3v) is 3.75. The van der Waals surface area contributed by atoms with E-state index in [4.69, 9.17) is 9.05 Å². The molecule has 4 nitrogen and oxygen atoms in total. The van der Waals surface area contributed by atoms with Gasteiger partial charge in [-0.05, 0) is 20.9 Å². The summed E-state index contributed by atoms with van der Waals surface area (Å²) >= 11 is 0. The second-order valence-electron chi connectivity index (χ2n) is 2.28. The lowest BCUT2D eigenvalue weighted by atomic mass is 10.8. The van der Waals surface area contributed by atoms with Gasteiger partial charge in [0.05, 0.1) is 13.2 Å². The SMILES string of the molecule is CCOP(=O)(OCC)N(C)CC. The van der Waals surface area contributed by atoms with Gasteiger partial charge in [0.2, 0.25) is 0 Å². The molecule has 74 valence electrons. The maximum atomic E-state index is 11.8. The second kappa shape index (κ2) is 5.70. The van der Waals surface area contributed by atoms with Crippen LogP contribution >= 0.6 is 7.75 Å². The van der Waals surface area contributed by atoms with Gasteiger partial charge in [0, 0.05) is 6.54 Å². The molecule has 0 aromatic rings. The van der Waals surface area contributed by atoms with Crippen LogP contribution in [0, 0.1) is 0 Å². The maximum Gasteiger partial charge on any atom is 0.407 e. The molecule has 0 unspecified atom stereocenters. The zero-order chi connectivity index (χ0) is 9.61. The predicted molar refractivity (Wildman–Crippen MR) is 49.2 cm³/mol. The molecule has 0 aliphatic carbocycles. The second-order valence-corrected chi connectivity index (χ2v) is 4.41. The van der Waals surface area contributed by atoms with E-state index in [0.717, 1.165) is 0 Å². The third-order valence-electron chi connectivity index (χ3n) is 1.46. The van der Waals surface area contributed by atoms with Gasteiger partial charge in [-0.25, -0.2) is 9.24 Å². The third kappa shape index (κ3) is 3.23. The van der Waals surface area contributed by atoms with Crippen molar-refractivity contribution in [2.45, 2.75) is 20.8 Å². The van der Waals surface area contributed by atoms with Crippen LogP contribution in [0.1, 0.15) is 20.8 Å². The van der Waals surface area contributed by atoms with Crippen molar-refractivity contribution in [3.8, 4) is 0 Å². The van der Waals surface area contributed by atoms with Crippen LogP contribution in [-0.4, -0.2) is 31.5 Å². The van der Waals surface area contributed by atoms with E-state index in [2.05, 4.69) is 0 Å². The molecule has 0 N–H and O–H groups in total. The predicted octanol–water partition coefficient (Wildman–Crippen LogP) is 2.12. The van der Waals surface area contributed by atoms with Gasteiger partial charge in [-0.1, -0.05) is 6.92 Å². The lowest BCUT2D eigenvalue weighted by Crippen LogP contribution is -2.18. The number of hydrogen-bond acceptors (Lipinski definition) is 3. The molecule has 0 aromatic heterocycles. The lowest BCUT2D eigenvalue weighted by Gasteiger charge is -2.24. The highest BCUT2D eigenvalue weighted by atomic mass is 31.2. The Hall–Kier alpha value is 0.110. The van der Waals surface area contributed by atoms with Crippen LogP contribution in [0.4, 0.5) is 0 Å². The van der Waals surface area contributed by atoms with Crippen LogP contribution < -0.4 is 0 Å². The van der Waals surface area contributed by atoms with Gasteiger partial charge in [-0.15, -0.1) is 0 Å². The van der Waals surface area contributed by atoms with Crippen LogP contribution in [0.25, 0.3) is 0 Å². The van der Waals surface area contributed by atoms with Crippen molar-refractivity contribution in [3.05, 3.63) is 0 Å². The smallest absolute Gasteiger partial charge is 0.297 e. The summed E-state index contributed by atoms with van der Waals surface area (Å²) in [5.41, 5.74) is 0. The Bertz CT molecular complexity index is 153. The fraction of sp³-hybridized carbons (Fsp3) is 1.00. The van der Waals surface area contributed by atoms with Crippen molar-refractivity contribution in [1.29, 1.82) is 0 Å². The summed E-state index contributed by atoms with van der Waals surface area (Å²) < 4.78 is 23.6. The van der Waals surface area contributed by atoms with E-state index < -0.39 is 7.75 Å². The first kappa shape index (κ1) is 12.1. The van der Waals surface area contributed by atoms with Gasteiger partial charge in [0.25, 0.3) is 0 Å². The summed E-state index contributed by atoms with van der Waals surface area (Å²) in [5.74, 6) is 0. The first-order valence-electron chi connectivity index (χ1n) is 4.21. The number of nitrogens with zero attached hydrogens (tertiary/aromatic N) is 1. The molecule has 0 aliphatic heterocycles. The largest absolute Gasteiger partial charge is 0.407 e. The van der Waals surface area contributed by atoms with Crippen molar-refractivity contribution in [1.82, 2.24) is 4.67 Å². The average molecular weight is 195 g/mol. The molecule has 0 fully saturated rings. The highest BCUT2D eigenvalue weighted by Crippen LogP contribution is 2.50. The van der Waals surface area contributed by atoms with Gasteiger partial charge in [-0.2, -0.15) is 0 Å². The molecule has 0 aromatic carbocycles. The van der Waals surface area contributed by atoms with E-state index in [9.17, 15) is 4.57 Å². The molecule has 0 atom stereocenters.